The lowest BCUT2D eigenvalue weighted by Gasteiger charge is -2.38. The number of nitrogens with zero attached hydrogens (tertiary/aromatic N) is 3. The van der Waals surface area contributed by atoms with Gasteiger partial charge in [-0.2, -0.15) is 0 Å². The number of carbonyl (C=O) groups is 1. The van der Waals surface area contributed by atoms with Crippen molar-refractivity contribution in [1.82, 2.24) is 0 Å². The van der Waals surface area contributed by atoms with E-state index in [4.69, 9.17) is 0 Å². The molecule has 1 N–H and O–H groups in total. The molecule has 1 saturated carbocycles. The summed E-state index contributed by atoms with van der Waals surface area (Å²) in [7, 11) is 0. The van der Waals surface area contributed by atoms with Gasteiger partial charge in [0.1, 0.15) is 5.69 Å². The second-order valence-electron chi connectivity index (χ2n) is 8.80. The van der Waals surface area contributed by atoms with Crippen LogP contribution in [0.3, 0.4) is 0 Å². The van der Waals surface area contributed by atoms with Gasteiger partial charge in [-0.05, 0) is 37.1 Å². The van der Waals surface area contributed by atoms with Gasteiger partial charge in [0.25, 0.3) is 5.69 Å². The van der Waals surface area contributed by atoms with Crippen molar-refractivity contribution < 1.29 is 9.72 Å². The third kappa shape index (κ3) is 6.49. The van der Waals surface area contributed by atoms with Gasteiger partial charge in [0, 0.05) is 55.2 Å². The maximum Gasteiger partial charge on any atom is 0.292 e. The number of para-hydroxylation sites is 1. The first-order chi connectivity index (χ1) is 15.7. The number of nitro benzene ring substituents is 1. The van der Waals surface area contributed by atoms with E-state index in [0.717, 1.165) is 56.7 Å². The van der Waals surface area contributed by atoms with Gasteiger partial charge in [-0.3, -0.25) is 14.9 Å². The fourth-order valence-corrected chi connectivity index (χ4v) is 4.90. The van der Waals surface area contributed by atoms with Gasteiger partial charge in [-0.1, -0.05) is 59.1 Å². The molecule has 1 saturated heterocycles. The lowest BCUT2D eigenvalue weighted by atomic mass is 9.96. The normalized spacial score (nSPS) is 16.9. The molecule has 0 aromatic heterocycles. The standard InChI is InChI=1S/C25H32N4O3.2CH4/c30-19-20-8-6-7-11-24(20)28-16-14-27(15-17-28)22-12-13-25(29(31)32)23(18-22)26-21-9-4-2-1-3-5-10-21;;/h6-8,11-13,18-19,21,26H,1-5,9-10,14-17H2;2*1H4. The van der Waals surface area contributed by atoms with E-state index in [0.29, 0.717) is 17.3 Å². The van der Waals surface area contributed by atoms with E-state index in [-0.39, 0.29) is 25.5 Å². The molecule has 7 heteroatoms. The minimum Gasteiger partial charge on any atom is -0.377 e. The quantitative estimate of drug-likeness (QED) is 0.295. The van der Waals surface area contributed by atoms with Crippen molar-refractivity contribution in [2.24, 2.45) is 0 Å². The highest BCUT2D eigenvalue weighted by atomic mass is 16.6. The van der Waals surface area contributed by atoms with Crippen LogP contribution in [-0.2, 0) is 0 Å². The SMILES string of the molecule is C.C.O=Cc1ccccc1N1CCN(c2ccc([N+](=O)[O-])c(NC3CCCCCCC3)c2)CC1. The summed E-state index contributed by atoms with van der Waals surface area (Å²) in [4.78, 5) is 27.3. The number of hydrogen-bond donors (Lipinski definition) is 1. The zero-order valence-corrected chi connectivity index (χ0v) is 18.5. The molecule has 0 unspecified atom stereocenters. The number of nitrogens with one attached hydrogen (secondary N) is 1. The van der Waals surface area contributed by atoms with Crippen LogP contribution in [0.2, 0.25) is 0 Å². The number of rotatable bonds is 6. The van der Waals surface area contributed by atoms with Gasteiger partial charge in [-0.25, -0.2) is 0 Å². The lowest BCUT2D eigenvalue weighted by Crippen LogP contribution is -2.46. The van der Waals surface area contributed by atoms with E-state index in [1.165, 1.54) is 32.1 Å². The number of carbonyl (C=O) groups excluding carboxylic acids is 1. The Bertz CT molecular complexity index is 933. The van der Waals surface area contributed by atoms with Gasteiger partial charge < -0.3 is 15.1 Å². The third-order valence-corrected chi connectivity index (χ3v) is 6.69. The summed E-state index contributed by atoms with van der Waals surface area (Å²) in [5.41, 5.74) is 3.47. The van der Waals surface area contributed by atoms with Crippen molar-refractivity contribution in [2.75, 3.05) is 41.3 Å². The maximum absolute atomic E-state index is 11.7. The molecular weight excluding hydrogens is 428 g/mol. The van der Waals surface area contributed by atoms with Crippen molar-refractivity contribution in [3.8, 4) is 0 Å². The van der Waals surface area contributed by atoms with Crippen LogP contribution >= 0.6 is 0 Å². The van der Waals surface area contributed by atoms with Crippen LogP contribution in [-0.4, -0.2) is 43.4 Å². The molecular formula is C27H40N4O3. The van der Waals surface area contributed by atoms with Crippen molar-refractivity contribution >= 4 is 29.0 Å². The summed E-state index contributed by atoms with van der Waals surface area (Å²) in [5.74, 6) is 0. The lowest BCUT2D eigenvalue weighted by molar-refractivity contribution is -0.384. The van der Waals surface area contributed by atoms with Crippen LogP contribution in [0.15, 0.2) is 42.5 Å². The van der Waals surface area contributed by atoms with Crippen molar-refractivity contribution in [3.05, 3.63) is 58.1 Å². The molecule has 1 heterocycles. The Morgan fingerprint density at radius 1 is 0.882 bits per heavy atom. The van der Waals surface area contributed by atoms with Crippen molar-refractivity contribution in [1.29, 1.82) is 0 Å². The molecule has 1 aliphatic carbocycles. The molecule has 186 valence electrons. The Kier molecular flexibility index (Phi) is 10.4. The molecule has 0 radical (unpaired) electrons. The molecule has 4 rings (SSSR count). The van der Waals surface area contributed by atoms with E-state index in [1.54, 1.807) is 6.07 Å². The summed E-state index contributed by atoms with van der Waals surface area (Å²) in [6, 6.07) is 13.4. The number of benzene rings is 2. The molecule has 1 aliphatic heterocycles. The van der Waals surface area contributed by atoms with E-state index >= 15 is 0 Å². The number of anilines is 3. The van der Waals surface area contributed by atoms with Crippen molar-refractivity contribution in [2.45, 2.75) is 65.8 Å². The first kappa shape index (κ1) is 27.2. The third-order valence-electron chi connectivity index (χ3n) is 6.69. The summed E-state index contributed by atoms with van der Waals surface area (Å²) in [6.45, 7) is 3.20. The molecule has 0 bridgehead atoms. The molecule has 0 atom stereocenters. The molecule has 7 nitrogen and oxygen atoms in total. The van der Waals surface area contributed by atoms with Crippen LogP contribution in [0.25, 0.3) is 0 Å². The summed E-state index contributed by atoms with van der Waals surface area (Å²) >= 11 is 0. The van der Waals surface area contributed by atoms with Gasteiger partial charge in [0.05, 0.1) is 4.92 Å². The topological polar surface area (TPSA) is 78.7 Å². The molecule has 34 heavy (non-hydrogen) atoms. The van der Waals surface area contributed by atoms with E-state index < -0.39 is 0 Å². The van der Waals surface area contributed by atoms with Gasteiger partial charge in [0.2, 0.25) is 0 Å². The highest BCUT2D eigenvalue weighted by molar-refractivity contribution is 5.84. The molecule has 2 aliphatic rings. The van der Waals surface area contributed by atoms with Crippen LogP contribution in [0, 0.1) is 10.1 Å². The molecule has 0 amide bonds. The summed E-state index contributed by atoms with van der Waals surface area (Å²) < 4.78 is 0. The Labute approximate surface area is 204 Å². The number of piperazine rings is 1. The van der Waals surface area contributed by atoms with E-state index in [2.05, 4.69) is 15.1 Å². The van der Waals surface area contributed by atoms with Crippen molar-refractivity contribution in [3.63, 3.8) is 0 Å². The first-order valence-electron chi connectivity index (χ1n) is 11.7. The monoisotopic (exact) mass is 468 g/mol. The minimum absolute atomic E-state index is 0. The smallest absolute Gasteiger partial charge is 0.292 e. The van der Waals surface area contributed by atoms with Gasteiger partial charge in [-0.15, -0.1) is 0 Å². The average Bonchev–Trinajstić information content (AvgIpc) is 2.80. The number of nitro groups is 1. The predicted octanol–water partition coefficient (Wildman–Crippen LogP) is 6.53. The highest BCUT2D eigenvalue weighted by Gasteiger charge is 2.23. The Balaban J connectivity index is 0.00000204. The first-order valence-corrected chi connectivity index (χ1v) is 11.7. The second kappa shape index (κ2) is 13.0. The van der Waals surface area contributed by atoms with Gasteiger partial charge in [0.15, 0.2) is 6.29 Å². The Morgan fingerprint density at radius 3 is 2.15 bits per heavy atom. The summed E-state index contributed by atoms with van der Waals surface area (Å²) in [5, 5.41) is 15.2. The maximum atomic E-state index is 11.7. The summed E-state index contributed by atoms with van der Waals surface area (Å²) in [6.07, 6.45) is 9.18. The molecule has 2 aromatic rings. The molecule has 2 fully saturated rings. The Morgan fingerprint density at radius 2 is 1.50 bits per heavy atom. The van der Waals surface area contributed by atoms with Gasteiger partial charge >= 0.3 is 0 Å². The fraction of sp³-hybridized carbons (Fsp3) is 0.519. The molecule has 2 aromatic carbocycles. The van der Waals surface area contributed by atoms with Crippen LogP contribution < -0.4 is 15.1 Å². The Hall–Kier alpha value is -3.09. The van der Waals surface area contributed by atoms with Crippen LogP contribution in [0.5, 0.6) is 0 Å². The van der Waals surface area contributed by atoms with E-state index in [9.17, 15) is 14.9 Å². The zero-order valence-electron chi connectivity index (χ0n) is 18.5. The van der Waals surface area contributed by atoms with E-state index in [1.807, 2.05) is 36.4 Å². The molecule has 0 spiro atoms. The van der Waals surface area contributed by atoms with Crippen LogP contribution in [0.1, 0.15) is 70.2 Å². The zero-order chi connectivity index (χ0) is 22.3. The largest absolute Gasteiger partial charge is 0.377 e. The number of aldehydes is 1. The average molecular weight is 469 g/mol. The minimum atomic E-state index is -0.288. The van der Waals surface area contributed by atoms with Crippen LogP contribution in [0.4, 0.5) is 22.7 Å². The predicted molar refractivity (Wildman–Crippen MR) is 143 cm³/mol. The fourth-order valence-electron chi connectivity index (χ4n) is 4.90. The second-order valence-corrected chi connectivity index (χ2v) is 8.80. The number of hydrogen-bond acceptors (Lipinski definition) is 6. The highest BCUT2D eigenvalue weighted by Crippen LogP contribution is 2.33.